The van der Waals surface area contributed by atoms with Gasteiger partial charge in [-0.25, -0.2) is 0 Å². The van der Waals surface area contributed by atoms with Crippen molar-refractivity contribution in [1.82, 2.24) is 9.88 Å². The van der Waals surface area contributed by atoms with Gasteiger partial charge in [0.2, 0.25) is 0 Å². The Kier molecular flexibility index (Phi) is 4.05. The van der Waals surface area contributed by atoms with E-state index in [9.17, 15) is 9.59 Å². The summed E-state index contributed by atoms with van der Waals surface area (Å²) < 4.78 is 8.00. The number of hydrogen-bond donors (Lipinski definition) is 1. The molecule has 1 N–H and O–H groups in total. The number of Topliss-reactive ketones (excluding diaryl/α,β-unsaturated/α-hetero) is 1. The van der Waals surface area contributed by atoms with Crippen molar-refractivity contribution in [2.75, 3.05) is 0 Å². The molecule has 0 spiro atoms. The predicted octanol–water partition coefficient (Wildman–Crippen LogP) is 3.72. The summed E-state index contributed by atoms with van der Waals surface area (Å²) in [5, 5.41) is 2.55. The van der Waals surface area contributed by atoms with E-state index in [1.165, 1.54) is 0 Å². The van der Waals surface area contributed by atoms with Gasteiger partial charge in [-0.05, 0) is 13.0 Å². The Morgan fingerprint density at radius 3 is 2.69 bits per heavy atom. The van der Waals surface area contributed by atoms with Gasteiger partial charge in [0, 0.05) is 29.9 Å². The molecule has 130 valence electrons. The molecular formula is C20H16N2O3S. The van der Waals surface area contributed by atoms with Crippen LogP contribution in [-0.4, -0.2) is 21.2 Å². The maximum absolute atomic E-state index is 12.2. The number of fused-ring (bicyclic) bond motifs is 1. The lowest BCUT2D eigenvalue weighted by molar-refractivity contribution is -0.122. The number of furan rings is 1. The van der Waals surface area contributed by atoms with Crippen LogP contribution in [0.15, 0.2) is 52.5 Å². The number of nitrogens with one attached hydrogen (secondary N) is 1. The number of nitrogens with zero attached hydrogens (tertiary/aromatic N) is 1. The molecule has 2 aromatic heterocycles. The number of carbonyl (C=O) groups is 2. The fourth-order valence-electron chi connectivity index (χ4n) is 3.18. The van der Waals surface area contributed by atoms with Crippen molar-refractivity contribution < 1.29 is 14.0 Å². The number of piperidine rings is 1. The van der Waals surface area contributed by atoms with Crippen molar-refractivity contribution in [2.45, 2.75) is 19.9 Å². The van der Waals surface area contributed by atoms with Crippen molar-refractivity contribution in [3.8, 4) is 11.3 Å². The molecule has 0 bridgehead atoms. The van der Waals surface area contributed by atoms with E-state index in [0.717, 1.165) is 28.1 Å². The lowest BCUT2D eigenvalue weighted by atomic mass is 10.0. The van der Waals surface area contributed by atoms with Crippen LogP contribution in [0.2, 0.25) is 0 Å². The highest BCUT2D eigenvalue weighted by atomic mass is 32.1. The van der Waals surface area contributed by atoms with Crippen LogP contribution in [0, 0.1) is 0 Å². The lowest BCUT2D eigenvalue weighted by Crippen LogP contribution is -2.39. The summed E-state index contributed by atoms with van der Waals surface area (Å²) in [4.78, 5) is 24.5. The van der Waals surface area contributed by atoms with E-state index < -0.39 is 5.91 Å². The molecule has 1 aliphatic heterocycles. The third kappa shape index (κ3) is 2.78. The van der Waals surface area contributed by atoms with Gasteiger partial charge in [-0.3, -0.25) is 9.59 Å². The number of benzene rings is 1. The largest absolute Gasteiger partial charge is 0.454 e. The first-order valence-electron chi connectivity index (χ1n) is 8.34. The molecule has 1 aliphatic rings. The molecule has 3 heterocycles. The molecule has 1 amide bonds. The molecule has 0 aliphatic carbocycles. The van der Waals surface area contributed by atoms with Crippen molar-refractivity contribution in [3.05, 3.63) is 53.7 Å². The highest BCUT2D eigenvalue weighted by Crippen LogP contribution is 2.31. The summed E-state index contributed by atoms with van der Waals surface area (Å²) in [5.41, 5.74) is 3.53. The Morgan fingerprint density at radius 1 is 1.23 bits per heavy atom. The summed E-state index contributed by atoms with van der Waals surface area (Å²) in [6.45, 7) is 2.69. The SMILES string of the molecule is CCn1c(/C=C2\C(=O)CC(=S)NC2=O)cc2oc(-c3ccccc3)cc21. The molecule has 1 saturated heterocycles. The fourth-order valence-corrected chi connectivity index (χ4v) is 3.40. The molecule has 4 rings (SSSR count). The predicted molar refractivity (Wildman–Crippen MR) is 104 cm³/mol. The minimum Gasteiger partial charge on any atom is -0.454 e. The Morgan fingerprint density at radius 2 is 2.00 bits per heavy atom. The Balaban J connectivity index is 1.78. The summed E-state index contributed by atoms with van der Waals surface area (Å²) in [5.74, 6) is 0.0785. The molecule has 6 heteroatoms. The van der Waals surface area contributed by atoms with Gasteiger partial charge in [0.25, 0.3) is 5.91 Å². The first-order valence-corrected chi connectivity index (χ1v) is 8.75. The van der Waals surface area contributed by atoms with Crippen LogP contribution in [0.5, 0.6) is 0 Å². The van der Waals surface area contributed by atoms with Gasteiger partial charge < -0.3 is 14.3 Å². The third-order valence-electron chi connectivity index (χ3n) is 4.41. The minimum absolute atomic E-state index is 0.0635. The first-order chi connectivity index (χ1) is 12.6. The number of aryl methyl sites for hydroxylation is 1. The number of rotatable bonds is 3. The number of ketones is 1. The van der Waals surface area contributed by atoms with Gasteiger partial charge in [0.05, 0.1) is 22.5 Å². The van der Waals surface area contributed by atoms with Crippen LogP contribution in [-0.2, 0) is 16.1 Å². The van der Waals surface area contributed by atoms with Gasteiger partial charge in [-0.2, -0.15) is 0 Å². The zero-order valence-corrected chi connectivity index (χ0v) is 14.9. The zero-order valence-electron chi connectivity index (χ0n) is 14.1. The van der Waals surface area contributed by atoms with Crippen LogP contribution < -0.4 is 5.32 Å². The van der Waals surface area contributed by atoms with E-state index in [4.69, 9.17) is 16.6 Å². The summed E-state index contributed by atoms with van der Waals surface area (Å²) in [7, 11) is 0. The zero-order chi connectivity index (χ0) is 18.3. The molecule has 5 nitrogen and oxygen atoms in total. The topological polar surface area (TPSA) is 64.2 Å². The van der Waals surface area contributed by atoms with Crippen molar-refractivity contribution >= 4 is 46.1 Å². The van der Waals surface area contributed by atoms with Crippen molar-refractivity contribution in [1.29, 1.82) is 0 Å². The third-order valence-corrected chi connectivity index (χ3v) is 4.65. The average Bonchev–Trinajstić information content (AvgIpc) is 3.16. The molecular weight excluding hydrogens is 348 g/mol. The average molecular weight is 364 g/mol. The fraction of sp³-hybridized carbons (Fsp3) is 0.150. The molecule has 0 atom stereocenters. The Labute approximate surface area is 155 Å². The Hall–Kier alpha value is -2.99. The molecule has 1 aromatic carbocycles. The van der Waals surface area contributed by atoms with E-state index in [2.05, 4.69) is 5.32 Å². The van der Waals surface area contributed by atoms with Crippen molar-refractivity contribution in [3.63, 3.8) is 0 Å². The lowest BCUT2D eigenvalue weighted by Gasteiger charge is -2.15. The summed E-state index contributed by atoms with van der Waals surface area (Å²) >= 11 is 4.93. The molecule has 1 fully saturated rings. The van der Waals surface area contributed by atoms with E-state index >= 15 is 0 Å². The van der Waals surface area contributed by atoms with Crippen LogP contribution in [0.3, 0.4) is 0 Å². The quantitative estimate of drug-likeness (QED) is 0.437. The van der Waals surface area contributed by atoms with E-state index in [1.807, 2.05) is 54.0 Å². The first kappa shape index (κ1) is 16.5. The van der Waals surface area contributed by atoms with Crippen LogP contribution >= 0.6 is 12.2 Å². The number of amides is 1. The number of thiocarbonyl (C=S) groups is 1. The molecule has 3 aromatic rings. The second-order valence-electron chi connectivity index (χ2n) is 6.07. The summed E-state index contributed by atoms with van der Waals surface area (Å²) in [6, 6.07) is 13.7. The Bertz CT molecular complexity index is 1050. The maximum Gasteiger partial charge on any atom is 0.259 e. The maximum atomic E-state index is 12.2. The van der Waals surface area contributed by atoms with Gasteiger partial charge in [0.15, 0.2) is 11.4 Å². The molecule has 0 radical (unpaired) electrons. The molecule has 0 saturated carbocycles. The second-order valence-corrected chi connectivity index (χ2v) is 6.57. The highest BCUT2D eigenvalue weighted by molar-refractivity contribution is 7.80. The second kappa shape index (κ2) is 6.38. The van der Waals surface area contributed by atoms with Gasteiger partial charge in [-0.15, -0.1) is 0 Å². The van der Waals surface area contributed by atoms with Gasteiger partial charge in [0.1, 0.15) is 5.76 Å². The van der Waals surface area contributed by atoms with Crippen LogP contribution in [0.1, 0.15) is 19.0 Å². The van der Waals surface area contributed by atoms with E-state index in [1.54, 1.807) is 6.08 Å². The normalized spacial score (nSPS) is 16.5. The number of hydrogen-bond acceptors (Lipinski definition) is 4. The number of aromatic nitrogens is 1. The highest BCUT2D eigenvalue weighted by Gasteiger charge is 2.26. The number of carbonyl (C=O) groups excluding carboxylic acids is 2. The van der Waals surface area contributed by atoms with E-state index in [-0.39, 0.29) is 22.8 Å². The molecule has 26 heavy (non-hydrogen) atoms. The van der Waals surface area contributed by atoms with Crippen LogP contribution in [0.4, 0.5) is 0 Å². The monoisotopic (exact) mass is 364 g/mol. The molecule has 0 unspecified atom stereocenters. The van der Waals surface area contributed by atoms with Gasteiger partial charge >= 0.3 is 0 Å². The van der Waals surface area contributed by atoms with Crippen molar-refractivity contribution in [2.24, 2.45) is 0 Å². The summed E-state index contributed by atoms with van der Waals surface area (Å²) in [6.07, 6.45) is 1.68. The standard InChI is InChI=1S/C20H16N2O3S/c1-2-22-13(8-14-16(23)11-19(26)21-20(14)24)9-18-15(22)10-17(25-18)12-6-4-3-5-7-12/h3-10H,2,11H2,1H3,(H,21,24,26)/b14-8+. The van der Waals surface area contributed by atoms with Crippen LogP contribution in [0.25, 0.3) is 28.5 Å². The smallest absolute Gasteiger partial charge is 0.259 e. The minimum atomic E-state index is -0.448. The van der Waals surface area contributed by atoms with Gasteiger partial charge in [-0.1, -0.05) is 42.5 Å². The van der Waals surface area contributed by atoms with E-state index in [0.29, 0.717) is 6.54 Å².